The van der Waals surface area contributed by atoms with Crippen molar-refractivity contribution < 1.29 is 5.11 Å². The molecule has 0 bridgehead atoms. The third-order valence-electron chi connectivity index (χ3n) is 3.70. The van der Waals surface area contributed by atoms with Crippen molar-refractivity contribution in [1.29, 1.82) is 0 Å². The molecule has 16 heavy (non-hydrogen) atoms. The second kappa shape index (κ2) is 3.74. The topological polar surface area (TPSA) is 59.1 Å². The van der Waals surface area contributed by atoms with Crippen LogP contribution in [0.15, 0.2) is 12.3 Å². The van der Waals surface area contributed by atoms with E-state index >= 15 is 0 Å². The molecule has 88 valence electrons. The number of rotatable bonds is 2. The van der Waals surface area contributed by atoms with Gasteiger partial charge in [-0.3, -0.25) is 0 Å². The summed E-state index contributed by atoms with van der Waals surface area (Å²) < 4.78 is 0. The molecule has 1 saturated carbocycles. The molecule has 0 radical (unpaired) electrons. The highest BCUT2D eigenvalue weighted by atomic mass is 16.3. The Bertz CT molecular complexity index is 395. The largest absolute Gasteiger partial charge is 0.385 e. The Morgan fingerprint density at radius 1 is 1.50 bits per heavy atom. The summed E-state index contributed by atoms with van der Waals surface area (Å²) >= 11 is 0. The lowest BCUT2D eigenvalue weighted by Crippen LogP contribution is -2.43. The van der Waals surface area contributed by atoms with Crippen molar-refractivity contribution in [2.24, 2.45) is 11.8 Å². The van der Waals surface area contributed by atoms with Gasteiger partial charge in [-0.15, -0.1) is 0 Å². The Morgan fingerprint density at radius 3 is 2.69 bits per heavy atom. The maximum atomic E-state index is 10.5. The maximum absolute atomic E-state index is 10.5. The predicted octanol–water partition coefficient (Wildman–Crippen LogP) is 2.23. The molecule has 0 aromatic carbocycles. The standard InChI is InChI=1S/C13H20N2O/c1-8(2)10-5-13(16,6-10)11-4-9(3)7-15-12(11)14/h4,7-8,10,16H,5-6H2,1-3H3,(H2,14,15). The lowest BCUT2D eigenvalue weighted by molar-refractivity contribution is -0.0930. The number of pyridine rings is 1. The fraction of sp³-hybridized carbons (Fsp3) is 0.615. The van der Waals surface area contributed by atoms with Crippen LogP contribution < -0.4 is 5.73 Å². The SMILES string of the molecule is Cc1cnc(N)c(C2(O)CC(C(C)C)C2)c1. The number of aliphatic hydroxyl groups is 1. The summed E-state index contributed by atoms with van der Waals surface area (Å²) in [4.78, 5) is 4.11. The molecule has 0 aliphatic heterocycles. The van der Waals surface area contributed by atoms with Crippen molar-refractivity contribution in [3.8, 4) is 0 Å². The van der Waals surface area contributed by atoms with E-state index in [2.05, 4.69) is 18.8 Å². The summed E-state index contributed by atoms with van der Waals surface area (Å²) in [5, 5.41) is 10.5. The van der Waals surface area contributed by atoms with Crippen molar-refractivity contribution in [1.82, 2.24) is 4.98 Å². The summed E-state index contributed by atoms with van der Waals surface area (Å²) in [7, 11) is 0. The molecule has 1 aromatic heterocycles. The summed E-state index contributed by atoms with van der Waals surface area (Å²) in [5.74, 6) is 1.69. The Balaban J connectivity index is 2.23. The fourth-order valence-electron chi connectivity index (χ4n) is 2.45. The van der Waals surface area contributed by atoms with Crippen molar-refractivity contribution >= 4 is 5.82 Å². The molecular weight excluding hydrogens is 200 g/mol. The molecule has 3 nitrogen and oxygen atoms in total. The van der Waals surface area contributed by atoms with E-state index in [1.54, 1.807) is 6.20 Å². The van der Waals surface area contributed by atoms with Crippen LogP contribution in [-0.4, -0.2) is 10.1 Å². The van der Waals surface area contributed by atoms with E-state index in [-0.39, 0.29) is 0 Å². The van der Waals surface area contributed by atoms with Crippen LogP contribution in [0.25, 0.3) is 0 Å². The zero-order valence-corrected chi connectivity index (χ0v) is 10.2. The smallest absolute Gasteiger partial charge is 0.129 e. The summed E-state index contributed by atoms with van der Waals surface area (Å²) in [6, 6.07) is 1.96. The molecule has 3 N–H and O–H groups in total. The molecule has 1 heterocycles. The van der Waals surface area contributed by atoms with Crippen LogP contribution in [0, 0.1) is 18.8 Å². The van der Waals surface area contributed by atoms with Gasteiger partial charge in [0.25, 0.3) is 0 Å². The van der Waals surface area contributed by atoms with Gasteiger partial charge in [0, 0.05) is 11.8 Å². The average molecular weight is 220 g/mol. The Labute approximate surface area is 96.7 Å². The first-order valence-electron chi connectivity index (χ1n) is 5.87. The van der Waals surface area contributed by atoms with E-state index < -0.39 is 5.60 Å². The van der Waals surface area contributed by atoms with Gasteiger partial charge in [-0.05, 0) is 43.2 Å². The quantitative estimate of drug-likeness (QED) is 0.803. The van der Waals surface area contributed by atoms with E-state index in [4.69, 9.17) is 5.73 Å². The van der Waals surface area contributed by atoms with Crippen LogP contribution >= 0.6 is 0 Å². The monoisotopic (exact) mass is 220 g/mol. The second-order valence-electron chi connectivity index (χ2n) is 5.39. The van der Waals surface area contributed by atoms with Crippen LogP contribution in [0.5, 0.6) is 0 Å². The van der Waals surface area contributed by atoms with Gasteiger partial charge < -0.3 is 10.8 Å². The molecule has 3 heteroatoms. The Hall–Kier alpha value is -1.09. The third kappa shape index (κ3) is 1.80. The molecule has 1 fully saturated rings. The fourth-order valence-corrected chi connectivity index (χ4v) is 2.45. The summed E-state index contributed by atoms with van der Waals surface area (Å²) in [6.45, 7) is 6.36. The molecular formula is C13H20N2O. The number of nitrogen functional groups attached to an aromatic ring is 1. The highest BCUT2D eigenvalue weighted by molar-refractivity contribution is 5.45. The molecule has 0 atom stereocenters. The number of aryl methyl sites for hydroxylation is 1. The van der Waals surface area contributed by atoms with Gasteiger partial charge >= 0.3 is 0 Å². The summed E-state index contributed by atoms with van der Waals surface area (Å²) in [5.41, 5.74) is 6.95. The number of nitrogens with zero attached hydrogens (tertiary/aromatic N) is 1. The van der Waals surface area contributed by atoms with Crippen LogP contribution in [0.1, 0.15) is 37.8 Å². The summed E-state index contributed by atoms with van der Waals surface area (Å²) in [6.07, 6.45) is 3.35. The molecule has 0 spiro atoms. The number of hydrogen-bond donors (Lipinski definition) is 2. The third-order valence-corrected chi connectivity index (χ3v) is 3.70. The zero-order valence-electron chi connectivity index (χ0n) is 10.2. The Kier molecular flexibility index (Phi) is 2.66. The molecule has 2 rings (SSSR count). The van der Waals surface area contributed by atoms with Crippen molar-refractivity contribution in [2.45, 2.75) is 39.2 Å². The van der Waals surface area contributed by atoms with Gasteiger partial charge in [0.05, 0.1) is 5.60 Å². The maximum Gasteiger partial charge on any atom is 0.129 e. The Morgan fingerprint density at radius 2 is 2.12 bits per heavy atom. The van der Waals surface area contributed by atoms with Gasteiger partial charge in [-0.1, -0.05) is 13.8 Å². The van der Waals surface area contributed by atoms with E-state index in [0.29, 0.717) is 17.7 Å². The van der Waals surface area contributed by atoms with Crippen molar-refractivity contribution in [3.05, 3.63) is 23.4 Å². The zero-order chi connectivity index (χ0) is 11.9. The second-order valence-corrected chi connectivity index (χ2v) is 5.39. The van der Waals surface area contributed by atoms with Crippen molar-refractivity contribution in [3.63, 3.8) is 0 Å². The normalized spacial score (nSPS) is 29.2. The lowest BCUT2D eigenvalue weighted by Gasteiger charge is -2.46. The van der Waals surface area contributed by atoms with Crippen molar-refractivity contribution in [2.75, 3.05) is 5.73 Å². The van der Waals surface area contributed by atoms with Gasteiger partial charge in [-0.2, -0.15) is 0 Å². The van der Waals surface area contributed by atoms with Crippen LogP contribution in [0.4, 0.5) is 5.82 Å². The van der Waals surface area contributed by atoms with E-state index in [0.717, 1.165) is 24.0 Å². The minimum atomic E-state index is -0.738. The number of hydrogen-bond acceptors (Lipinski definition) is 3. The van der Waals surface area contributed by atoms with Crippen LogP contribution in [0.3, 0.4) is 0 Å². The first-order chi connectivity index (χ1) is 7.42. The van der Waals surface area contributed by atoms with Gasteiger partial charge in [0.2, 0.25) is 0 Å². The van der Waals surface area contributed by atoms with E-state index in [1.807, 2.05) is 13.0 Å². The molecule has 1 aromatic rings. The molecule has 1 aliphatic carbocycles. The number of anilines is 1. The molecule has 1 aliphatic rings. The number of nitrogens with two attached hydrogens (primary N) is 1. The first kappa shape index (κ1) is 11.4. The number of aromatic nitrogens is 1. The predicted molar refractivity (Wildman–Crippen MR) is 64.8 cm³/mol. The van der Waals surface area contributed by atoms with E-state index in [9.17, 15) is 5.11 Å². The molecule has 0 saturated heterocycles. The van der Waals surface area contributed by atoms with Gasteiger partial charge in [0.15, 0.2) is 0 Å². The molecule has 0 amide bonds. The van der Waals surface area contributed by atoms with Gasteiger partial charge in [0.1, 0.15) is 5.82 Å². The minimum Gasteiger partial charge on any atom is -0.385 e. The van der Waals surface area contributed by atoms with Crippen LogP contribution in [-0.2, 0) is 5.60 Å². The minimum absolute atomic E-state index is 0.468. The first-order valence-corrected chi connectivity index (χ1v) is 5.87. The average Bonchev–Trinajstić information content (AvgIpc) is 2.16. The van der Waals surface area contributed by atoms with E-state index in [1.165, 1.54) is 0 Å². The molecule has 0 unspecified atom stereocenters. The highest BCUT2D eigenvalue weighted by Crippen LogP contribution is 2.49. The van der Waals surface area contributed by atoms with Gasteiger partial charge in [-0.25, -0.2) is 4.98 Å². The van der Waals surface area contributed by atoms with Crippen LogP contribution in [0.2, 0.25) is 0 Å². The lowest BCUT2D eigenvalue weighted by atomic mass is 9.63. The highest BCUT2D eigenvalue weighted by Gasteiger charge is 2.46.